The number of ether oxygens (including phenoxy) is 6. The fraction of sp³-hybridized carbons (Fsp3) is 0.548. The quantitative estimate of drug-likeness (QED) is 0.225. The molecular weight excluding hydrogens is 620 g/mol. The van der Waals surface area contributed by atoms with Crippen LogP contribution in [0.4, 0.5) is 4.79 Å². The van der Waals surface area contributed by atoms with Gasteiger partial charge in [0, 0.05) is 33.3 Å². The van der Waals surface area contributed by atoms with Crippen molar-refractivity contribution in [2.75, 3.05) is 47.2 Å². The number of hydrogen-bond acceptors (Lipinski definition) is 11. The lowest BCUT2D eigenvalue weighted by atomic mass is 10.0. The zero-order chi connectivity index (χ0) is 33.0. The second-order valence-electron chi connectivity index (χ2n) is 12.2. The monoisotopic (exact) mass is 662 g/mol. The van der Waals surface area contributed by atoms with Gasteiger partial charge in [-0.2, -0.15) is 4.31 Å². The molecule has 0 spiro atoms. The van der Waals surface area contributed by atoms with E-state index < -0.39 is 40.7 Å². The zero-order valence-corrected chi connectivity index (χ0v) is 27.2. The van der Waals surface area contributed by atoms with E-state index in [1.807, 2.05) is 13.8 Å². The van der Waals surface area contributed by atoms with Gasteiger partial charge in [0.1, 0.15) is 11.9 Å². The van der Waals surface area contributed by atoms with Crippen molar-refractivity contribution in [2.24, 2.45) is 11.8 Å². The van der Waals surface area contributed by atoms with E-state index in [-0.39, 0.29) is 55.7 Å². The summed E-state index contributed by atoms with van der Waals surface area (Å²) in [5.41, 5.74) is 0.732. The van der Waals surface area contributed by atoms with Crippen molar-refractivity contribution in [3.63, 3.8) is 0 Å². The first-order valence-electron chi connectivity index (χ1n) is 15.2. The molecule has 3 unspecified atom stereocenters. The molecule has 15 heteroatoms. The van der Waals surface area contributed by atoms with Crippen LogP contribution < -0.4 is 19.5 Å². The minimum Gasteiger partial charge on any atom is -0.454 e. The van der Waals surface area contributed by atoms with Gasteiger partial charge in [-0.05, 0) is 48.6 Å². The van der Waals surface area contributed by atoms with Crippen LogP contribution in [-0.2, 0) is 30.7 Å². The number of aliphatic hydroxyl groups excluding tert-OH is 1. The third-order valence-electron chi connectivity index (χ3n) is 7.95. The van der Waals surface area contributed by atoms with Gasteiger partial charge in [0.05, 0.1) is 36.2 Å². The third-order valence-corrected chi connectivity index (χ3v) is 9.78. The van der Waals surface area contributed by atoms with Gasteiger partial charge >= 0.3 is 6.09 Å². The molecule has 3 heterocycles. The lowest BCUT2D eigenvalue weighted by Crippen LogP contribution is -2.51. The predicted octanol–water partition coefficient (Wildman–Crippen LogP) is 2.40. The van der Waals surface area contributed by atoms with Gasteiger partial charge in [0.2, 0.25) is 16.8 Å². The highest BCUT2D eigenvalue weighted by Crippen LogP contribution is 2.35. The van der Waals surface area contributed by atoms with Gasteiger partial charge < -0.3 is 43.7 Å². The summed E-state index contributed by atoms with van der Waals surface area (Å²) in [6.07, 6.45) is -2.13. The van der Waals surface area contributed by atoms with E-state index in [0.717, 1.165) is 5.56 Å². The van der Waals surface area contributed by atoms with Crippen molar-refractivity contribution in [3.8, 4) is 17.2 Å². The summed E-state index contributed by atoms with van der Waals surface area (Å²) in [5, 5.41) is 22.3. The molecule has 46 heavy (non-hydrogen) atoms. The van der Waals surface area contributed by atoms with E-state index in [1.165, 1.54) is 21.3 Å². The Morgan fingerprint density at radius 1 is 1.09 bits per heavy atom. The highest BCUT2D eigenvalue weighted by atomic mass is 32.2. The molecule has 3 N–H and O–H groups in total. The molecule has 2 fully saturated rings. The van der Waals surface area contributed by atoms with Crippen LogP contribution in [0.3, 0.4) is 0 Å². The molecule has 2 saturated heterocycles. The van der Waals surface area contributed by atoms with Crippen LogP contribution in [0.15, 0.2) is 47.4 Å². The highest BCUT2D eigenvalue weighted by Gasteiger charge is 2.44. The van der Waals surface area contributed by atoms with Gasteiger partial charge in [-0.25, -0.2) is 13.2 Å². The summed E-state index contributed by atoms with van der Waals surface area (Å²) in [7, 11) is -0.688. The number of carbonyl (C=O) groups excluding carboxylic acids is 1. The van der Waals surface area contributed by atoms with Crippen LogP contribution in [0.25, 0.3) is 0 Å². The Morgan fingerprint density at radius 3 is 2.54 bits per heavy atom. The van der Waals surface area contributed by atoms with Gasteiger partial charge in [-0.15, -0.1) is 0 Å². The van der Waals surface area contributed by atoms with Crippen LogP contribution in [0.1, 0.15) is 25.8 Å². The van der Waals surface area contributed by atoms with E-state index in [2.05, 4.69) is 5.32 Å². The number of amides is 1. The van der Waals surface area contributed by atoms with Crippen LogP contribution in [0.2, 0.25) is 0 Å². The molecule has 5 rings (SSSR count). The molecule has 2 aromatic rings. The first-order valence-corrected chi connectivity index (χ1v) is 16.7. The van der Waals surface area contributed by atoms with Crippen molar-refractivity contribution in [1.82, 2.24) is 14.5 Å². The van der Waals surface area contributed by atoms with Crippen LogP contribution >= 0.6 is 0 Å². The second-order valence-corrected chi connectivity index (χ2v) is 14.1. The summed E-state index contributed by atoms with van der Waals surface area (Å²) in [6, 6.07) is 10.3. The van der Waals surface area contributed by atoms with Gasteiger partial charge in [0.15, 0.2) is 17.8 Å². The molecule has 3 aliphatic rings. The topological polar surface area (TPSA) is 169 Å². The molecule has 14 nitrogen and oxygen atoms in total. The van der Waals surface area contributed by atoms with Crippen molar-refractivity contribution in [2.45, 2.75) is 56.1 Å². The highest BCUT2D eigenvalue weighted by molar-refractivity contribution is 7.89. The number of nitrogens with one attached hydrogen (secondary N) is 2. The number of carbonyl (C=O) groups is 1. The summed E-state index contributed by atoms with van der Waals surface area (Å²) >= 11 is 0. The van der Waals surface area contributed by atoms with Crippen LogP contribution in [0.5, 0.6) is 17.2 Å². The Labute approximate surface area is 269 Å². The number of benzene rings is 2. The fourth-order valence-corrected chi connectivity index (χ4v) is 7.14. The first kappa shape index (κ1) is 33.7. The van der Waals surface area contributed by atoms with E-state index in [4.69, 9.17) is 33.8 Å². The van der Waals surface area contributed by atoms with Crippen molar-refractivity contribution < 1.29 is 46.7 Å². The molecule has 0 aliphatic carbocycles. The molecule has 0 radical (unpaired) electrons. The molecule has 0 saturated carbocycles. The number of nitrogens with zero attached hydrogens (tertiary/aromatic N) is 2. The normalized spacial score (nSPS) is 21.6. The average molecular weight is 663 g/mol. The van der Waals surface area contributed by atoms with Crippen molar-refractivity contribution >= 4 is 22.1 Å². The van der Waals surface area contributed by atoms with Crippen LogP contribution in [0, 0.1) is 17.2 Å². The average Bonchev–Trinajstić information content (AvgIpc) is 3.75. The molecule has 2 aromatic carbocycles. The number of alkyl carbamates (subject to hydrolysis) is 1. The van der Waals surface area contributed by atoms with Crippen LogP contribution in [-0.4, -0.2) is 107 Å². The summed E-state index contributed by atoms with van der Waals surface area (Å²) in [6.45, 7) is 4.31. The SMILES string of the molecule is CC(C)CN(C[C@@H](O)[C@H](Cc1ccc(OC(=N)N(C)C)cc1)NC(=O)OC1COC2OCCC12)S(=O)(=O)c1ccc2c(c1)OCO2. The molecule has 252 valence electrons. The number of sulfonamides is 1. The summed E-state index contributed by atoms with van der Waals surface area (Å²) in [5.74, 6) is 1.09. The Bertz CT molecular complexity index is 1490. The molecule has 1 amide bonds. The maximum atomic E-state index is 13.9. The third kappa shape index (κ3) is 8.01. The maximum Gasteiger partial charge on any atom is 0.407 e. The molecule has 3 aliphatic heterocycles. The molecular formula is C31H42N4O10S. The molecule has 0 aromatic heterocycles. The Hall–Kier alpha value is -3.63. The van der Waals surface area contributed by atoms with E-state index in [1.54, 1.807) is 44.4 Å². The Morgan fingerprint density at radius 2 is 1.83 bits per heavy atom. The Balaban J connectivity index is 1.34. The van der Waals surface area contributed by atoms with E-state index >= 15 is 0 Å². The molecule has 5 atom stereocenters. The Kier molecular flexibility index (Phi) is 10.6. The number of aliphatic hydroxyl groups is 1. The minimum atomic E-state index is -4.08. The predicted molar refractivity (Wildman–Crippen MR) is 165 cm³/mol. The first-order chi connectivity index (χ1) is 21.9. The summed E-state index contributed by atoms with van der Waals surface area (Å²) in [4.78, 5) is 14.7. The second kappa shape index (κ2) is 14.4. The van der Waals surface area contributed by atoms with E-state index in [9.17, 15) is 18.3 Å². The standard InChI is InChI=1S/C31H42N4O10S/c1-19(2)15-35(46(38,39)22-9-10-26-27(14-22)43-18-42-26)16-25(36)24(13-20-5-7-21(8-6-20)44-30(32)34(3)4)33-31(37)45-28-17-41-29-23(28)11-12-40-29/h5-10,14,19,23-25,28-29,32,36H,11-13,15-18H2,1-4H3,(H,33,37)/t23?,24-,25+,28?,29?/m0/s1. The fourth-order valence-electron chi connectivity index (χ4n) is 5.50. The smallest absolute Gasteiger partial charge is 0.407 e. The lowest BCUT2D eigenvalue weighted by Gasteiger charge is -2.31. The molecule has 0 bridgehead atoms. The summed E-state index contributed by atoms with van der Waals surface area (Å²) < 4.78 is 62.0. The van der Waals surface area contributed by atoms with Gasteiger partial charge in [0.25, 0.3) is 6.02 Å². The van der Waals surface area contributed by atoms with Gasteiger partial charge in [-0.1, -0.05) is 26.0 Å². The largest absolute Gasteiger partial charge is 0.454 e. The van der Waals surface area contributed by atoms with E-state index in [0.29, 0.717) is 30.3 Å². The zero-order valence-electron chi connectivity index (χ0n) is 26.4. The maximum absolute atomic E-state index is 13.9. The van der Waals surface area contributed by atoms with Gasteiger partial charge in [-0.3, -0.25) is 5.41 Å². The minimum absolute atomic E-state index is 0.00182. The number of hydrogen-bond donors (Lipinski definition) is 3. The van der Waals surface area contributed by atoms with Crippen molar-refractivity contribution in [3.05, 3.63) is 48.0 Å². The number of fused-ring (bicyclic) bond motifs is 2. The van der Waals surface area contributed by atoms with Crippen molar-refractivity contribution in [1.29, 1.82) is 5.41 Å². The number of amidine groups is 1. The lowest BCUT2D eigenvalue weighted by molar-refractivity contribution is -0.0907. The number of rotatable bonds is 12.